The minimum atomic E-state index is -0.711. The minimum absolute atomic E-state index is 0.105. The monoisotopic (exact) mass is 851 g/mol. The Morgan fingerprint density at radius 1 is 0.424 bits per heavy atom. The summed E-state index contributed by atoms with van der Waals surface area (Å²) >= 11 is 0. The maximum absolute atomic E-state index is 7.16. The van der Waals surface area contributed by atoms with Gasteiger partial charge in [0.2, 0.25) is 0 Å². The maximum atomic E-state index is 7.16. The van der Waals surface area contributed by atoms with Crippen molar-refractivity contribution in [2.45, 2.75) is 31.1 Å². The Morgan fingerprint density at radius 3 is 1.48 bits per heavy atom. The van der Waals surface area contributed by atoms with Gasteiger partial charge in [-0.05, 0) is 78.3 Å². The summed E-state index contributed by atoms with van der Waals surface area (Å²) in [5.74, 6) is 4.75. The number of ether oxygens (including phenoxy) is 2. The van der Waals surface area contributed by atoms with Crippen LogP contribution in [0.3, 0.4) is 0 Å². The Hall–Kier alpha value is -8.15. The molecule has 8 aromatic carbocycles. The van der Waals surface area contributed by atoms with Crippen LogP contribution in [0.1, 0.15) is 56.5 Å². The fraction of sp³-hybridized carbons (Fsp3) is 0.0984. The summed E-state index contributed by atoms with van der Waals surface area (Å²) in [7, 11) is 0. The van der Waals surface area contributed by atoms with Crippen molar-refractivity contribution in [1.29, 1.82) is 0 Å². The quantitative estimate of drug-likeness (QED) is 0.160. The smallest absolute Gasteiger partial charge is 0.167 e. The van der Waals surface area contributed by atoms with Crippen LogP contribution in [-0.4, -0.2) is 15.0 Å². The van der Waals surface area contributed by atoms with Gasteiger partial charge >= 0.3 is 0 Å². The van der Waals surface area contributed by atoms with Crippen molar-refractivity contribution >= 4 is 0 Å². The first kappa shape index (κ1) is 39.4. The molecule has 0 radical (unpaired) electrons. The van der Waals surface area contributed by atoms with Crippen molar-refractivity contribution in [3.05, 3.63) is 268 Å². The Balaban J connectivity index is 1.14. The predicted octanol–water partition coefficient (Wildman–Crippen LogP) is 14.6. The van der Waals surface area contributed by atoms with E-state index in [1.54, 1.807) is 0 Å². The van der Waals surface area contributed by atoms with Crippen molar-refractivity contribution in [2.24, 2.45) is 5.92 Å². The highest BCUT2D eigenvalue weighted by atomic mass is 16.5. The van der Waals surface area contributed by atoms with Crippen LogP contribution in [0.5, 0.6) is 23.0 Å². The first-order valence-electron chi connectivity index (χ1n) is 22.7. The molecule has 2 aliphatic heterocycles. The molecule has 12 rings (SSSR count). The Morgan fingerprint density at radius 2 is 0.894 bits per heavy atom. The van der Waals surface area contributed by atoms with Crippen molar-refractivity contribution in [3.8, 4) is 57.2 Å². The summed E-state index contributed by atoms with van der Waals surface area (Å²) in [5, 5.41) is 0. The van der Waals surface area contributed by atoms with Gasteiger partial charge in [-0.1, -0.05) is 194 Å². The van der Waals surface area contributed by atoms with Crippen molar-refractivity contribution in [3.63, 3.8) is 0 Å². The van der Waals surface area contributed by atoms with E-state index in [0.29, 0.717) is 23.2 Å². The van der Waals surface area contributed by atoms with Gasteiger partial charge in [0.25, 0.3) is 0 Å². The molecule has 2 unspecified atom stereocenters. The van der Waals surface area contributed by atoms with Gasteiger partial charge in [-0.3, -0.25) is 0 Å². The van der Waals surface area contributed by atoms with Crippen molar-refractivity contribution in [2.75, 3.05) is 0 Å². The van der Waals surface area contributed by atoms with Gasteiger partial charge in [-0.15, -0.1) is 0 Å². The third-order valence-corrected chi connectivity index (χ3v) is 13.9. The molecule has 66 heavy (non-hydrogen) atoms. The molecule has 0 N–H and O–H groups in total. The molecule has 0 saturated heterocycles. The van der Waals surface area contributed by atoms with E-state index in [2.05, 4.69) is 226 Å². The van der Waals surface area contributed by atoms with Crippen LogP contribution in [-0.2, 0) is 10.8 Å². The zero-order chi connectivity index (χ0) is 44.2. The highest BCUT2D eigenvalue weighted by Gasteiger charge is 2.50. The number of fused-ring (bicyclic) bond motifs is 4. The van der Waals surface area contributed by atoms with E-state index < -0.39 is 10.8 Å². The summed E-state index contributed by atoms with van der Waals surface area (Å²) in [6.45, 7) is 4.24. The molecule has 1 aromatic heterocycles. The summed E-state index contributed by atoms with van der Waals surface area (Å²) in [6, 6.07) is 68.4. The van der Waals surface area contributed by atoms with Crippen molar-refractivity contribution in [1.82, 2.24) is 15.0 Å². The zero-order valence-corrected chi connectivity index (χ0v) is 36.7. The molecule has 316 valence electrons. The molecule has 0 amide bonds. The lowest BCUT2D eigenvalue weighted by molar-refractivity contribution is 0.368. The van der Waals surface area contributed by atoms with Gasteiger partial charge in [0.1, 0.15) is 23.0 Å². The molecule has 3 aliphatic rings. The van der Waals surface area contributed by atoms with Gasteiger partial charge in [0.15, 0.2) is 17.5 Å². The molecule has 0 spiro atoms. The number of allylic oxidation sites excluding steroid dienone is 4. The number of rotatable bonds is 7. The van der Waals surface area contributed by atoms with Gasteiger partial charge in [-0.2, -0.15) is 0 Å². The molecule has 5 nitrogen and oxygen atoms in total. The number of aryl methyl sites for hydroxylation is 2. The van der Waals surface area contributed by atoms with Crippen LogP contribution in [0.15, 0.2) is 218 Å². The largest absolute Gasteiger partial charge is 0.456 e. The van der Waals surface area contributed by atoms with E-state index in [1.165, 1.54) is 5.56 Å². The average molecular weight is 852 g/mol. The zero-order valence-electron chi connectivity index (χ0n) is 36.7. The molecule has 3 heterocycles. The number of aromatic nitrogens is 3. The van der Waals surface area contributed by atoms with E-state index in [1.807, 2.05) is 6.07 Å². The highest BCUT2D eigenvalue weighted by Crippen LogP contribution is 2.60. The van der Waals surface area contributed by atoms with Gasteiger partial charge in [0.05, 0.1) is 22.0 Å². The van der Waals surface area contributed by atoms with Crippen LogP contribution in [0, 0.1) is 19.8 Å². The second-order valence-electron chi connectivity index (χ2n) is 17.4. The average Bonchev–Trinajstić information content (AvgIpc) is 3.38. The normalized spacial score (nSPS) is 17.3. The first-order valence-corrected chi connectivity index (χ1v) is 22.7. The molecule has 2 atom stereocenters. The summed E-state index contributed by atoms with van der Waals surface area (Å²) in [5.41, 5.74) is 11.1. The van der Waals surface area contributed by atoms with Gasteiger partial charge < -0.3 is 9.47 Å². The van der Waals surface area contributed by atoms with E-state index in [-0.39, 0.29) is 5.92 Å². The highest BCUT2D eigenvalue weighted by molar-refractivity contribution is 5.81. The van der Waals surface area contributed by atoms with Crippen LogP contribution in [0.25, 0.3) is 34.2 Å². The molecule has 5 heteroatoms. The summed E-state index contributed by atoms with van der Waals surface area (Å²) in [6.07, 6.45) is 9.82. The fourth-order valence-electron chi connectivity index (χ4n) is 11.1. The lowest BCUT2D eigenvalue weighted by Gasteiger charge is -2.46. The Bertz CT molecular complexity index is 3320. The first-order chi connectivity index (χ1) is 32.6. The number of para-hydroxylation sites is 4. The fourth-order valence-corrected chi connectivity index (χ4v) is 11.1. The van der Waals surface area contributed by atoms with Crippen LogP contribution in [0.2, 0.25) is 0 Å². The standard InChI is InChI=1S/C61H45N3O2/c1-40-22-19-23-41(2)54(40)59-63-57(46-32-20-36-50-55(46)65-52-38-17-15-34-48(52)60(50,42-24-7-3-8-25-42)43-26-9-4-10-27-43)62-58(64-59)47-33-21-37-51-56(47)66-53-39-18-16-35-49(53)61(51,44-28-11-5-12-29-44)45-30-13-6-14-31-45/h3-30,32-39,45H,31H2,1-2H3. The van der Waals surface area contributed by atoms with Crippen LogP contribution >= 0.6 is 0 Å². The second-order valence-corrected chi connectivity index (χ2v) is 17.4. The topological polar surface area (TPSA) is 57.1 Å². The molecule has 1 aliphatic carbocycles. The number of hydrogen-bond donors (Lipinski definition) is 0. The van der Waals surface area contributed by atoms with E-state index in [0.717, 1.165) is 84.9 Å². The third-order valence-electron chi connectivity index (χ3n) is 13.9. The Labute approximate surface area is 385 Å². The second kappa shape index (κ2) is 15.8. The van der Waals surface area contributed by atoms with Gasteiger partial charge in [-0.25, -0.2) is 15.0 Å². The molecule has 9 aromatic rings. The van der Waals surface area contributed by atoms with Crippen LogP contribution < -0.4 is 9.47 Å². The van der Waals surface area contributed by atoms with E-state index in [4.69, 9.17) is 24.4 Å². The van der Waals surface area contributed by atoms with E-state index >= 15 is 0 Å². The van der Waals surface area contributed by atoms with Gasteiger partial charge in [0, 0.05) is 27.8 Å². The molecule has 0 fully saturated rings. The Kier molecular flexibility index (Phi) is 9.46. The third kappa shape index (κ3) is 5.96. The lowest BCUT2D eigenvalue weighted by Crippen LogP contribution is -2.40. The van der Waals surface area contributed by atoms with Crippen LogP contribution in [0.4, 0.5) is 0 Å². The molecular formula is C61H45N3O2. The lowest BCUT2D eigenvalue weighted by atomic mass is 9.59. The molecular weight excluding hydrogens is 807 g/mol. The molecule has 0 bridgehead atoms. The minimum Gasteiger partial charge on any atom is -0.456 e. The van der Waals surface area contributed by atoms with E-state index in [9.17, 15) is 0 Å². The van der Waals surface area contributed by atoms with Crippen molar-refractivity contribution < 1.29 is 9.47 Å². The number of nitrogens with zero attached hydrogens (tertiary/aromatic N) is 3. The number of benzene rings is 8. The number of hydrogen-bond acceptors (Lipinski definition) is 5. The molecule has 0 saturated carbocycles. The summed E-state index contributed by atoms with van der Waals surface area (Å²) < 4.78 is 14.3. The predicted molar refractivity (Wildman–Crippen MR) is 263 cm³/mol. The maximum Gasteiger partial charge on any atom is 0.167 e. The SMILES string of the molecule is Cc1cccc(C)c1-c1nc(-c2cccc3c2Oc2ccccc2C3(c2ccccc2)c2ccccc2)nc(-c2cccc3c2Oc2ccccc2C3(c2ccccc2)C2C=CC=CC2)n1. The summed E-state index contributed by atoms with van der Waals surface area (Å²) in [4.78, 5) is 16.3.